The number of rotatable bonds is 5. The van der Waals surface area contributed by atoms with E-state index in [2.05, 4.69) is 51.9 Å². The van der Waals surface area contributed by atoms with Crippen molar-refractivity contribution in [1.29, 1.82) is 0 Å². The van der Waals surface area contributed by atoms with Crippen molar-refractivity contribution in [2.75, 3.05) is 23.3 Å². The second-order valence-corrected chi connectivity index (χ2v) is 7.58. The number of hydrogen-bond donors (Lipinski definition) is 2. The van der Waals surface area contributed by atoms with Gasteiger partial charge in [-0.3, -0.25) is 4.98 Å². The third kappa shape index (κ3) is 3.04. The average molecular weight is 402 g/mol. The van der Waals surface area contributed by atoms with E-state index in [9.17, 15) is 0 Å². The maximum absolute atomic E-state index is 5.81. The molecule has 11 heteroatoms. The van der Waals surface area contributed by atoms with Crippen molar-refractivity contribution >= 4 is 12.0 Å². The van der Waals surface area contributed by atoms with Crippen molar-refractivity contribution in [3.8, 4) is 11.5 Å². The molecule has 0 amide bonds. The molecule has 4 aromatic rings. The van der Waals surface area contributed by atoms with Crippen LogP contribution in [0.15, 0.2) is 41.5 Å². The van der Waals surface area contributed by atoms with Gasteiger partial charge >= 0.3 is 6.01 Å². The monoisotopic (exact) mass is 402 g/mol. The van der Waals surface area contributed by atoms with Crippen molar-refractivity contribution in [1.82, 2.24) is 40.6 Å². The molecule has 0 saturated carbocycles. The summed E-state index contributed by atoms with van der Waals surface area (Å²) >= 11 is 0. The van der Waals surface area contributed by atoms with Gasteiger partial charge in [0, 0.05) is 49.8 Å². The Labute approximate surface area is 171 Å². The van der Waals surface area contributed by atoms with E-state index in [0.29, 0.717) is 29.3 Å². The Bertz CT molecular complexity index is 1130. The van der Waals surface area contributed by atoms with Gasteiger partial charge in [0.25, 0.3) is 5.89 Å². The minimum atomic E-state index is 0.272. The minimum Gasteiger partial charge on any atom is -0.403 e. The Hall–Kier alpha value is -3.89. The molecule has 0 radical (unpaired) electrons. The molecule has 1 saturated heterocycles. The lowest BCUT2D eigenvalue weighted by Gasteiger charge is -2.36. The molecule has 2 N–H and O–H groups in total. The Balaban J connectivity index is 1.09. The first-order valence-corrected chi connectivity index (χ1v) is 9.76. The summed E-state index contributed by atoms with van der Waals surface area (Å²) in [6.07, 6.45) is 10.8. The number of hydrogen-bond acceptors (Lipinski definition) is 10. The van der Waals surface area contributed by atoms with Crippen LogP contribution in [0.1, 0.15) is 22.7 Å². The number of aromatic amines is 1. The Morgan fingerprint density at radius 2 is 1.90 bits per heavy atom. The summed E-state index contributed by atoms with van der Waals surface area (Å²) in [6.45, 7) is 1.54. The first kappa shape index (κ1) is 17.0. The first-order valence-electron chi connectivity index (χ1n) is 9.76. The van der Waals surface area contributed by atoms with E-state index >= 15 is 0 Å². The lowest BCUT2D eigenvalue weighted by atomic mass is 9.98. The van der Waals surface area contributed by atoms with Crippen molar-refractivity contribution < 1.29 is 4.42 Å². The molecule has 1 unspecified atom stereocenters. The second-order valence-electron chi connectivity index (χ2n) is 7.58. The molecule has 30 heavy (non-hydrogen) atoms. The van der Waals surface area contributed by atoms with E-state index in [4.69, 9.17) is 4.42 Å². The van der Waals surface area contributed by atoms with Gasteiger partial charge in [0.15, 0.2) is 0 Å². The van der Waals surface area contributed by atoms with Crippen LogP contribution in [0.5, 0.6) is 0 Å². The van der Waals surface area contributed by atoms with Gasteiger partial charge in [-0.05, 0) is 30.0 Å². The van der Waals surface area contributed by atoms with Crippen LogP contribution >= 0.6 is 0 Å². The molecule has 1 fully saturated rings. The van der Waals surface area contributed by atoms with Crippen molar-refractivity contribution in [3.63, 3.8) is 0 Å². The SMILES string of the molecule is c1cc2c(cn1)CC(Nc1ncc(-c3nnc(N4CC(c5cn[nH]n5)C4)o3)cn1)C2. The number of anilines is 2. The fourth-order valence-electron chi connectivity index (χ4n) is 3.93. The van der Waals surface area contributed by atoms with Crippen LogP contribution in [0.2, 0.25) is 0 Å². The largest absolute Gasteiger partial charge is 0.403 e. The predicted octanol–water partition coefficient (Wildman–Crippen LogP) is 1.22. The van der Waals surface area contributed by atoms with E-state index in [-0.39, 0.29) is 6.04 Å². The van der Waals surface area contributed by atoms with E-state index in [0.717, 1.165) is 31.6 Å². The fourth-order valence-corrected chi connectivity index (χ4v) is 3.93. The quantitative estimate of drug-likeness (QED) is 0.502. The number of aromatic nitrogens is 8. The summed E-state index contributed by atoms with van der Waals surface area (Å²) in [4.78, 5) is 15.0. The third-order valence-corrected chi connectivity index (χ3v) is 5.59. The molecule has 150 valence electrons. The summed E-state index contributed by atoms with van der Waals surface area (Å²) in [5.74, 6) is 1.31. The van der Waals surface area contributed by atoms with Gasteiger partial charge in [-0.1, -0.05) is 5.10 Å². The summed E-state index contributed by atoms with van der Waals surface area (Å²) in [6, 6.07) is 2.83. The topological polar surface area (TPSA) is 134 Å². The van der Waals surface area contributed by atoms with Gasteiger partial charge in [0.2, 0.25) is 5.95 Å². The normalized spacial score (nSPS) is 18.3. The molecule has 1 aliphatic carbocycles. The molecule has 0 bridgehead atoms. The maximum atomic E-state index is 5.81. The molecule has 1 aliphatic heterocycles. The average Bonchev–Trinajstić information content (AvgIpc) is 3.48. The van der Waals surface area contributed by atoms with Crippen LogP contribution in [0.3, 0.4) is 0 Å². The third-order valence-electron chi connectivity index (χ3n) is 5.59. The smallest absolute Gasteiger partial charge is 0.318 e. The van der Waals surface area contributed by atoms with Crippen LogP contribution in [0.25, 0.3) is 11.5 Å². The standard InChI is InChI=1S/C19H18N10O/c1-2-20-5-12-4-15(3-11(1)12)24-18-21-6-13(7-22-18)17-26-27-19(30-17)29-9-14(10-29)16-8-23-28-25-16/h1-2,5-8,14-15H,3-4,9-10H2,(H,21,22,24)(H,23,25,28). The van der Waals surface area contributed by atoms with Crippen LogP contribution in [-0.4, -0.2) is 59.7 Å². The summed E-state index contributed by atoms with van der Waals surface area (Å²) < 4.78 is 5.81. The first-order chi connectivity index (χ1) is 14.8. The van der Waals surface area contributed by atoms with E-state index in [1.165, 1.54) is 11.1 Å². The van der Waals surface area contributed by atoms with E-state index in [1.807, 2.05) is 17.3 Å². The summed E-state index contributed by atoms with van der Waals surface area (Å²) in [5.41, 5.74) is 4.24. The minimum absolute atomic E-state index is 0.272. The van der Waals surface area contributed by atoms with Gasteiger partial charge in [0.1, 0.15) is 0 Å². The predicted molar refractivity (Wildman–Crippen MR) is 106 cm³/mol. The Kier molecular flexibility index (Phi) is 3.89. The Morgan fingerprint density at radius 1 is 1.03 bits per heavy atom. The molecule has 1 atom stereocenters. The molecule has 5 heterocycles. The van der Waals surface area contributed by atoms with Gasteiger partial charge in [-0.2, -0.15) is 15.4 Å². The Morgan fingerprint density at radius 3 is 2.70 bits per heavy atom. The fraction of sp³-hybridized carbons (Fsp3) is 0.316. The van der Waals surface area contributed by atoms with Crippen molar-refractivity contribution in [3.05, 3.63) is 53.9 Å². The maximum Gasteiger partial charge on any atom is 0.318 e. The molecule has 4 aromatic heterocycles. The van der Waals surface area contributed by atoms with Crippen LogP contribution in [0, 0.1) is 0 Å². The zero-order chi connectivity index (χ0) is 19.9. The number of H-pyrrole nitrogens is 1. The molecule has 11 nitrogen and oxygen atoms in total. The highest BCUT2D eigenvalue weighted by Gasteiger charge is 2.33. The van der Waals surface area contributed by atoms with Crippen molar-refractivity contribution in [2.45, 2.75) is 24.8 Å². The number of fused-ring (bicyclic) bond motifs is 1. The number of nitrogens with zero attached hydrogens (tertiary/aromatic N) is 8. The highest BCUT2D eigenvalue weighted by Crippen LogP contribution is 2.31. The van der Waals surface area contributed by atoms with Crippen molar-refractivity contribution in [2.24, 2.45) is 0 Å². The zero-order valence-corrected chi connectivity index (χ0v) is 15.9. The van der Waals surface area contributed by atoms with Gasteiger partial charge in [0.05, 0.1) is 17.5 Å². The lowest BCUT2D eigenvalue weighted by Crippen LogP contribution is -2.45. The van der Waals surface area contributed by atoms with Gasteiger partial charge in [-0.25, -0.2) is 9.97 Å². The molecule has 0 spiro atoms. The lowest BCUT2D eigenvalue weighted by molar-refractivity contribution is 0.449. The molecule has 2 aliphatic rings. The van der Waals surface area contributed by atoms with Crippen LogP contribution in [-0.2, 0) is 12.8 Å². The highest BCUT2D eigenvalue weighted by atomic mass is 16.4. The van der Waals surface area contributed by atoms with Gasteiger partial charge in [-0.15, -0.1) is 5.10 Å². The van der Waals surface area contributed by atoms with E-state index < -0.39 is 0 Å². The van der Waals surface area contributed by atoms with Crippen LogP contribution < -0.4 is 10.2 Å². The number of nitrogens with one attached hydrogen (secondary N) is 2. The second kappa shape index (κ2) is 6.87. The zero-order valence-electron chi connectivity index (χ0n) is 15.9. The molecule has 6 rings (SSSR count). The summed E-state index contributed by atoms with van der Waals surface area (Å²) in [7, 11) is 0. The van der Waals surface area contributed by atoms with E-state index in [1.54, 1.807) is 18.6 Å². The molecular formula is C19H18N10O. The van der Waals surface area contributed by atoms with Crippen LogP contribution in [0.4, 0.5) is 12.0 Å². The molecular weight excluding hydrogens is 384 g/mol. The molecule has 0 aromatic carbocycles. The highest BCUT2D eigenvalue weighted by molar-refractivity contribution is 5.52. The summed E-state index contributed by atoms with van der Waals surface area (Å²) in [5, 5.41) is 22.3. The number of pyridine rings is 1. The van der Waals surface area contributed by atoms with Gasteiger partial charge < -0.3 is 14.6 Å².